The van der Waals surface area contributed by atoms with Gasteiger partial charge in [-0.15, -0.1) is 0 Å². The average molecular weight is 184 g/mol. The lowest BCUT2D eigenvalue weighted by Gasteiger charge is -2.11. The highest BCUT2D eigenvalue weighted by atomic mass is 16.4. The third-order valence-electron chi connectivity index (χ3n) is 1.55. The zero-order valence-electron chi connectivity index (χ0n) is 8.53. The van der Waals surface area contributed by atoms with Crippen molar-refractivity contribution in [3.05, 3.63) is 17.8 Å². The van der Waals surface area contributed by atoms with Gasteiger partial charge in [-0.25, -0.2) is 4.98 Å². The molecule has 0 aliphatic rings. The lowest BCUT2D eigenvalue weighted by Crippen LogP contribution is -2.15. The summed E-state index contributed by atoms with van der Waals surface area (Å²) in [7, 11) is 3.90. The lowest BCUT2D eigenvalue weighted by molar-refractivity contribution is 0.0464. The Labute approximate surface area is 78.2 Å². The van der Waals surface area contributed by atoms with Crippen LogP contribution in [0.4, 0.5) is 0 Å². The summed E-state index contributed by atoms with van der Waals surface area (Å²) in [5.74, 6) is 1.13. The minimum Gasteiger partial charge on any atom is -0.441 e. The molecule has 4 heteroatoms. The molecule has 0 bridgehead atoms. The van der Waals surface area contributed by atoms with E-state index < -0.39 is 5.60 Å². The Morgan fingerprint density at radius 3 is 2.54 bits per heavy atom. The molecule has 1 aromatic heterocycles. The molecule has 0 aliphatic carbocycles. The van der Waals surface area contributed by atoms with Crippen LogP contribution >= 0.6 is 0 Å². The van der Waals surface area contributed by atoms with Gasteiger partial charge < -0.3 is 14.4 Å². The molecule has 0 saturated heterocycles. The summed E-state index contributed by atoms with van der Waals surface area (Å²) >= 11 is 0. The summed E-state index contributed by atoms with van der Waals surface area (Å²) in [5.41, 5.74) is -0.995. The van der Waals surface area contributed by atoms with Gasteiger partial charge in [0.05, 0.1) is 12.7 Å². The minimum absolute atomic E-state index is 0.365. The van der Waals surface area contributed by atoms with E-state index in [-0.39, 0.29) is 0 Å². The molecule has 0 aliphatic heterocycles. The second kappa shape index (κ2) is 3.47. The van der Waals surface area contributed by atoms with Crippen LogP contribution in [0.3, 0.4) is 0 Å². The van der Waals surface area contributed by atoms with E-state index in [9.17, 15) is 5.11 Å². The number of nitrogens with zero attached hydrogens (tertiary/aromatic N) is 2. The van der Waals surface area contributed by atoms with E-state index in [4.69, 9.17) is 4.42 Å². The summed E-state index contributed by atoms with van der Waals surface area (Å²) in [6.07, 6.45) is 1.65. The Kier molecular flexibility index (Phi) is 2.73. The highest BCUT2D eigenvalue weighted by Crippen LogP contribution is 2.19. The number of hydrogen-bond acceptors (Lipinski definition) is 4. The van der Waals surface area contributed by atoms with Crippen LogP contribution in [-0.4, -0.2) is 29.1 Å². The third kappa shape index (κ3) is 2.82. The van der Waals surface area contributed by atoms with Gasteiger partial charge in [0.2, 0.25) is 5.89 Å². The molecular formula is C9H16N2O2. The molecule has 74 valence electrons. The number of aromatic nitrogens is 1. The van der Waals surface area contributed by atoms with E-state index in [1.54, 1.807) is 20.0 Å². The molecule has 0 radical (unpaired) electrons. The van der Waals surface area contributed by atoms with E-state index >= 15 is 0 Å². The summed E-state index contributed by atoms with van der Waals surface area (Å²) in [5, 5.41) is 9.57. The molecule has 0 aromatic carbocycles. The van der Waals surface area contributed by atoms with Gasteiger partial charge in [0.15, 0.2) is 0 Å². The Morgan fingerprint density at radius 1 is 1.54 bits per heavy atom. The lowest BCUT2D eigenvalue weighted by atomic mass is 10.1. The van der Waals surface area contributed by atoms with Crippen LogP contribution in [0.2, 0.25) is 0 Å². The average Bonchev–Trinajstić information content (AvgIpc) is 2.32. The molecule has 0 amide bonds. The van der Waals surface area contributed by atoms with Gasteiger partial charge in [0, 0.05) is 0 Å². The fourth-order valence-corrected chi connectivity index (χ4v) is 0.975. The monoisotopic (exact) mass is 184 g/mol. The first kappa shape index (κ1) is 10.2. The van der Waals surface area contributed by atoms with E-state index in [0.29, 0.717) is 12.4 Å². The highest BCUT2D eigenvalue weighted by molar-refractivity contribution is 4.99. The van der Waals surface area contributed by atoms with Crippen molar-refractivity contribution in [3.8, 4) is 0 Å². The number of hydrogen-bond donors (Lipinski definition) is 1. The maximum Gasteiger partial charge on any atom is 0.225 e. The van der Waals surface area contributed by atoms with Crippen molar-refractivity contribution in [1.29, 1.82) is 0 Å². The Balaban J connectivity index is 2.75. The normalized spacial score (nSPS) is 12.5. The van der Waals surface area contributed by atoms with Crippen molar-refractivity contribution in [1.82, 2.24) is 9.88 Å². The van der Waals surface area contributed by atoms with Crippen LogP contribution in [0, 0.1) is 0 Å². The van der Waals surface area contributed by atoms with Gasteiger partial charge >= 0.3 is 0 Å². The Hall–Kier alpha value is -0.870. The predicted molar refractivity (Wildman–Crippen MR) is 49.1 cm³/mol. The Bertz CT molecular complexity index is 273. The van der Waals surface area contributed by atoms with E-state index in [0.717, 1.165) is 5.76 Å². The van der Waals surface area contributed by atoms with Crippen LogP contribution in [0.15, 0.2) is 10.6 Å². The van der Waals surface area contributed by atoms with Crippen LogP contribution in [0.1, 0.15) is 25.5 Å². The summed E-state index contributed by atoms with van der Waals surface area (Å²) in [6, 6.07) is 0. The van der Waals surface area contributed by atoms with Gasteiger partial charge in [0.1, 0.15) is 11.4 Å². The maximum atomic E-state index is 9.57. The molecule has 0 fully saturated rings. The summed E-state index contributed by atoms with van der Waals surface area (Å²) in [6.45, 7) is 4.00. The quantitative estimate of drug-likeness (QED) is 0.760. The molecule has 0 spiro atoms. The van der Waals surface area contributed by atoms with Crippen molar-refractivity contribution in [2.24, 2.45) is 0 Å². The number of rotatable bonds is 3. The fraction of sp³-hybridized carbons (Fsp3) is 0.667. The van der Waals surface area contributed by atoms with E-state index in [2.05, 4.69) is 4.98 Å². The molecular weight excluding hydrogens is 168 g/mol. The second-order valence-electron chi connectivity index (χ2n) is 3.93. The predicted octanol–water partition coefficient (Wildman–Crippen LogP) is 0.964. The zero-order valence-corrected chi connectivity index (χ0v) is 8.53. The molecule has 1 N–H and O–H groups in total. The smallest absolute Gasteiger partial charge is 0.225 e. The standard InChI is InChI=1S/C9H16N2O2/c1-9(2,12)8-10-5-7(13-8)6-11(3)4/h5,12H,6H2,1-4H3. The highest BCUT2D eigenvalue weighted by Gasteiger charge is 2.22. The molecule has 0 atom stereocenters. The van der Waals surface area contributed by atoms with Gasteiger partial charge in [-0.3, -0.25) is 0 Å². The molecule has 1 heterocycles. The maximum absolute atomic E-state index is 9.57. The molecule has 0 unspecified atom stereocenters. The number of oxazole rings is 1. The third-order valence-corrected chi connectivity index (χ3v) is 1.55. The van der Waals surface area contributed by atoms with Crippen molar-refractivity contribution < 1.29 is 9.52 Å². The van der Waals surface area contributed by atoms with Crippen molar-refractivity contribution in [2.45, 2.75) is 26.0 Å². The van der Waals surface area contributed by atoms with Crippen LogP contribution in [0.25, 0.3) is 0 Å². The zero-order chi connectivity index (χ0) is 10.1. The fourth-order valence-electron chi connectivity index (χ4n) is 0.975. The topological polar surface area (TPSA) is 49.5 Å². The van der Waals surface area contributed by atoms with Crippen LogP contribution in [0.5, 0.6) is 0 Å². The van der Waals surface area contributed by atoms with Crippen molar-refractivity contribution >= 4 is 0 Å². The van der Waals surface area contributed by atoms with Gasteiger partial charge in [-0.05, 0) is 27.9 Å². The number of aliphatic hydroxyl groups is 1. The molecule has 1 aromatic rings. The first-order valence-corrected chi connectivity index (χ1v) is 4.22. The molecule has 13 heavy (non-hydrogen) atoms. The van der Waals surface area contributed by atoms with Crippen molar-refractivity contribution in [3.63, 3.8) is 0 Å². The summed E-state index contributed by atoms with van der Waals surface area (Å²) in [4.78, 5) is 5.98. The van der Waals surface area contributed by atoms with Gasteiger partial charge in [0.25, 0.3) is 0 Å². The second-order valence-corrected chi connectivity index (χ2v) is 3.93. The first-order chi connectivity index (χ1) is 5.89. The van der Waals surface area contributed by atoms with Crippen molar-refractivity contribution in [2.75, 3.05) is 14.1 Å². The molecule has 0 saturated carbocycles. The molecule has 4 nitrogen and oxygen atoms in total. The van der Waals surface area contributed by atoms with Crippen LogP contribution in [-0.2, 0) is 12.1 Å². The largest absolute Gasteiger partial charge is 0.441 e. The minimum atomic E-state index is -0.995. The van der Waals surface area contributed by atoms with Gasteiger partial charge in [-0.2, -0.15) is 0 Å². The molecule has 1 rings (SSSR count). The van der Waals surface area contributed by atoms with Gasteiger partial charge in [-0.1, -0.05) is 0 Å². The van der Waals surface area contributed by atoms with E-state index in [1.165, 1.54) is 0 Å². The SMILES string of the molecule is CN(C)Cc1cnc(C(C)(C)O)o1. The first-order valence-electron chi connectivity index (χ1n) is 4.22. The van der Waals surface area contributed by atoms with E-state index in [1.807, 2.05) is 19.0 Å². The Morgan fingerprint density at radius 2 is 2.15 bits per heavy atom. The summed E-state index contributed by atoms with van der Waals surface area (Å²) < 4.78 is 5.36. The van der Waals surface area contributed by atoms with Crippen LogP contribution < -0.4 is 0 Å².